The molecule has 3 aromatic heterocycles. The predicted molar refractivity (Wildman–Crippen MR) is 121 cm³/mol. The van der Waals surface area contributed by atoms with Crippen molar-refractivity contribution in [2.75, 3.05) is 5.32 Å². The number of halogens is 1. The zero-order valence-corrected chi connectivity index (χ0v) is 17.7. The van der Waals surface area contributed by atoms with Crippen LogP contribution in [-0.4, -0.2) is 25.4 Å². The van der Waals surface area contributed by atoms with E-state index < -0.39 is 0 Å². The van der Waals surface area contributed by atoms with E-state index in [0.29, 0.717) is 28.2 Å². The molecule has 0 bridgehead atoms. The molecule has 0 saturated carbocycles. The first-order valence-electron chi connectivity index (χ1n) is 9.55. The lowest BCUT2D eigenvalue weighted by molar-refractivity contribution is -0.116. The van der Waals surface area contributed by atoms with Crippen LogP contribution in [0.3, 0.4) is 0 Å². The lowest BCUT2D eigenvalue weighted by Gasteiger charge is -2.08. The number of furan rings is 1. The van der Waals surface area contributed by atoms with Crippen LogP contribution in [0.1, 0.15) is 6.42 Å². The average Bonchev–Trinajstić information content (AvgIpc) is 3.43. The van der Waals surface area contributed by atoms with E-state index >= 15 is 0 Å². The fourth-order valence-electron chi connectivity index (χ4n) is 3.35. The molecule has 9 heteroatoms. The van der Waals surface area contributed by atoms with Crippen molar-refractivity contribution in [2.24, 2.45) is 0 Å². The molecule has 31 heavy (non-hydrogen) atoms. The summed E-state index contributed by atoms with van der Waals surface area (Å²) in [5, 5.41) is 3.37. The highest BCUT2D eigenvalue weighted by Crippen LogP contribution is 2.23. The largest absolute Gasteiger partial charge is 0.461 e. The minimum Gasteiger partial charge on any atom is -0.461 e. The third-order valence-corrected chi connectivity index (χ3v) is 5.38. The number of aromatic nitrogens is 4. The molecule has 2 aromatic carbocycles. The number of nitrogens with zero attached hydrogens (tertiary/aromatic N) is 3. The van der Waals surface area contributed by atoms with E-state index in [4.69, 9.17) is 4.42 Å². The van der Waals surface area contributed by atoms with Gasteiger partial charge in [-0.25, -0.2) is 9.97 Å². The van der Waals surface area contributed by atoms with E-state index in [-0.39, 0.29) is 24.4 Å². The molecule has 154 valence electrons. The second kappa shape index (κ2) is 7.84. The van der Waals surface area contributed by atoms with Crippen molar-refractivity contribution in [2.45, 2.75) is 13.0 Å². The van der Waals surface area contributed by atoms with Crippen LogP contribution in [0.25, 0.3) is 33.5 Å². The van der Waals surface area contributed by atoms with Gasteiger partial charge < -0.3 is 14.7 Å². The monoisotopic (exact) mass is 477 g/mol. The van der Waals surface area contributed by atoms with Gasteiger partial charge in [0.1, 0.15) is 0 Å². The van der Waals surface area contributed by atoms with Gasteiger partial charge in [-0.3, -0.25) is 14.2 Å². The summed E-state index contributed by atoms with van der Waals surface area (Å²) >= 11 is 3.37. The third-order valence-electron chi connectivity index (χ3n) is 4.89. The number of aromatic amines is 1. The molecule has 0 saturated heterocycles. The number of fused-ring (bicyclic) bond motifs is 2. The Bertz CT molecular complexity index is 1470. The summed E-state index contributed by atoms with van der Waals surface area (Å²) < 4.78 is 7.61. The number of carbonyl (C=O) groups excluding carboxylic acids is 1. The summed E-state index contributed by atoms with van der Waals surface area (Å²) in [6.07, 6.45) is 3.20. The number of nitrogens with one attached hydrogen (secondary N) is 2. The van der Waals surface area contributed by atoms with Gasteiger partial charge in [0.05, 0.1) is 34.5 Å². The van der Waals surface area contributed by atoms with Crippen LogP contribution in [0, 0.1) is 0 Å². The van der Waals surface area contributed by atoms with Crippen LogP contribution in [0.2, 0.25) is 0 Å². The third kappa shape index (κ3) is 3.87. The van der Waals surface area contributed by atoms with Crippen molar-refractivity contribution in [3.8, 4) is 11.6 Å². The van der Waals surface area contributed by atoms with Gasteiger partial charge in [-0.1, -0.05) is 15.9 Å². The molecule has 0 aliphatic rings. The number of carbonyl (C=O) groups is 1. The van der Waals surface area contributed by atoms with Gasteiger partial charge >= 0.3 is 0 Å². The molecular formula is C22H16BrN5O3. The van der Waals surface area contributed by atoms with Crippen molar-refractivity contribution in [1.82, 2.24) is 19.5 Å². The van der Waals surface area contributed by atoms with Crippen molar-refractivity contribution >= 4 is 49.5 Å². The van der Waals surface area contributed by atoms with E-state index in [2.05, 4.69) is 36.2 Å². The molecule has 0 spiro atoms. The molecule has 0 fully saturated rings. The predicted octanol–water partition coefficient (Wildman–Crippen LogP) is 4.32. The number of amides is 1. The second-order valence-electron chi connectivity index (χ2n) is 7.00. The zero-order valence-electron chi connectivity index (χ0n) is 16.1. The first-order chi connectivity index (χ1) is 15.1. The topological polar surface area (TPSA) is 106 Å². The normalized spacial score (nSPS) is 11.3. The number of hydrogen-bond acceptors (Lipinski definition) is 5. The van der Waals surface area contributed by atoms with Gasteiger partial charge in [0.25, 0.3) is 5.56 Å². The van der Waals surface area contributed by atoms with Crippen LogP contribution in [-0.2, 0) is 11.3 Å². The van der Waals surface area contributed by atoms with Crippen LogP contribution >= 0.6 is 15.9 Å². The van der Waals surface area contributed by atoms with Gasteiger partial charge in [0.15, 0.2) is 11.6 Å². The molecule has 0 aliphatic carbocycles. The maximum absolute atomic E-state index is 12.6. The molecule has 0 aliphatic heterocycles. The summed E-state index contributed by atoms with van der Waals surface area (Å²) in [5.41, 5.74) is 2.63. The first kappa shape index (κ1) is 19.3. The Labute approximate surface area is 184 Å². The lowest BCUT2D eigenvalue weighted by atomic mass is 10.2. The number of anilines is 1. The minimum atomic E-state index is -0.202. The quantitative estimate of drug-likeness (QED) is 0.391. The Morgan fingerprint density at radius 1 is 1.16 bits per heavy atom. The summed E-state index contributed by atoms with van der Waals surface area (Å²) in [6, 6.07) is 14.4. The molecule has 0 atom stereocenters. The highest BCUT2D eigenvalue weighted by molar-refractivity contribution is 9.10. The SMILES string of the molecule is O=C(CCn1cnc2ccc(Br)cc2c1=O)Nc1ccc2nc(-c3ccco3)[nH]c2c1. The molecule has 5 rings (SSSR count). The van der Waals surface area contributed by atoms with Crippen LogP contribution in [0.15, 0.2) is 74.8 Å². The molecular weight excluding hydrogens is 462 g/mol. The van der Waals surface area contributed by atoms with Gasteiger partial charge in [-0.05, 0) is 48.5 Å². The standard InChI is InChI=1S/C22H16BrN5O3/c23-13-3-5-16-15(10-13)22(30)28(12-24-16)8-7-20(29)25-14-4-6-17-18(11-14)27-21(26-17)19-2-1-9-31-19/h1-6,9-12H,7-8H2,(H,25,29)(H,26,27). The number of imidazole rings is 1. The fraction of sp³-hybridized carbons (Fsp3) is 0.0909. The van der Waals surface area contributed by atoms with Crippen molar-refractivity contribution in [3.05, 3.63) is 75.9 Å². The van der Waals surface area contributed by atoms with Crippen LogP contribution in [0.5, 0.6) is 0 Å². The maximum atomic E-state index is 12.6. The van der Waals surface area contributed by atoms with Gasteiger partial charge in [-0.2, -0.15) is 0 Å². The Morgan fingerprint density at radius 2 is 2.03 bits per heavy atom. The van der Waals surface area contributed by atoms with Crippen LogP contribution in [0.4, 0.5) is 5.69 Å². The second-order valence-corrected chi connectivity index (χ2v) is 7.91. The highest BCUT2D eigenvalue weighted by Gasteiger charge is 2.10. The summed E-state index contributed by atoms with van der Waals surface area (Å²) in [6.45, 7) is 0.231. The zero-order chi connectivity index (χ0) is 21.4. The number of rotatable bonds is 5. The molecule has 0 radical (unpaired) electrons. The molecule has 5 aromatic rings. The average molecular weight is 478 g/mol. The Hall–Kier alpha value is -3.72. The minimum absolute atomic E-state index is 0.139. The smallest absolute Gasteiger partial charge is 0.261 e. The summed E-state index contributed by atoms with van der Waals surface area (Å²) in [4.78, 5) is 37.1. The number of aryl methyl sites for hydroxylation is 1. The van der Waals surface area contributed by atoms with Gasteiger partial charge in [0, 0.05) is 23.1 Å². The van der Waals surface area contributed by atoms with Crippen LogP contribution < -0.4 is 10.9 Å². The van der Waals surface area contributed by atoms with Crippen molar-refractivity contribution < 1.29 is 9.21 Å². The fourth-order valence-corrected chi connectivity index (χ4v) is 3.71. The van der Waals surface area contributed by atoms with E-state index in [1.54, 1.807) is 30.5 Å². The van der Waals surface area contributed by atoms with Gasteiger partial charge in [-0.15, -0.1) is 0 Å². The molecule has 2 N–H and O–H groups in total. The number of H-pyrrole nitrogens is 1. The van der Waals surface area contributed by atoms with Gasteiger partial charge in [0.2, 0.25) is 5.91 Å². The van der Waals surface area contributed by atoms with E-state index in [0.717, 1.165) is 15.5 Å². The Kier molecular flexibility index (Phi) is 4.87. The highest BCUT2D eigenvalue weighted by atomic mass is 79.9. The summed E-state index contributed by atoms with van der Waals surface area (Å²) in [7, 11) is 0. The van der Waals surface area contributed by atoms with Crippen molar-refractivity contribution in [3.63, 3.8) is 0 Å². The molecule has 1 amide bonds. The Morgan fingerprint density at radius 3 is 2.87 bits per heavy atom. The number of benzene rings is 2. The molecule has 3 heterocycles. The number of hydrogen-bond donors (Lipinski definition) is 2. The maximum Gasteiger partial charge on any atom is 0.261 e. The Balaban J connectivity index is 1.29. The molecule has 0 unspecified atom stereocenters. The summed E-state index contributed by atoms with van der Waals surface area (Å²) in [5.74, 6) is 1.06. The molecule has 8 nitrogen and oxygen atoms in total. The van der Waals surface area contributed by atoms with E-state index in [9.17, 15) is 9.59 Å². The van der Waals surface area contributed by atoms with E-state index in [1.807, 2.05) is 24.3 Å². The van der Waals surface area contributed by atoms with E-state index in [1.165, 1.54) is 10.9 Å². The first-order valence-corrected chi connectivity index (χ1v) is 10.3. The van der Waals surface area contributed by atoms with Crippen molar-refractivity contribution in [1.29, 1.82) is 0 Å². The lowest BCUT2D eigenvalue weighted by Crippen LogP contribution is -2.23.